The molecule has 4 nitrogen and oxygen atoms in total. The Morgan fingerprint density at radius 3 is 2.37 bits per heavy atom. The summed E-state index contributed by atoms with van der Waals surface area (Å²) < 4.78 is 17.9. The molecule has 3 aromatic carbocycles. The van der Waals surface area contributed by atoms with Crippen LogP contribution in [-0.4, -0.2) is 19.3 Å². The summed E-state index contributed by atoms with van der Waals surface area (Å²) in [6.07, 6.45) is 1.39. The zero-order valence-corrected chi connectivity index (χ0v) is 17.5. The topological polar surface area (TPSA) is 47.9 Å². The lowest BCUT2D eigenvalue weighted by Crippen LogP contribution is -2.48. The molecule has 1 N–H and O–H groups in total. The summed E-state index contributed by atoms with van der Waals surface area (Å²) in [7, 11) is 3.24. The molecule has 1 aliphatic heterocycles. The fourth-order valence-corrected chi connectivity index (χ4v) is 5.39. The first-order valence-corrected chi connectivity index (χ1v) is 10.3. The highest BCUT2D eigenvalue weighted by atomic mass is 16.5. The van der Waals surface area contributed by atoms with Crippen molar-refractivity contribution in [1.82, 2.24) is 0 Å². The summed E-state index contributed by atoms with van der Waals surface area (Å²) in [4.78, 5) is 0. The average Bonchev–Trinajstić information content (AvgIpc) is 3.21. The van der Waals surface area contributed by atoms with Gasteiger partial charge in [-0.2, -0.15) is 0 Å². The summed E-state index contributed by atoms with van der Waals surface area (Å²) in [5.74, 6) is 1.85. The van der Waals surface area contributed by atoms with E-state index in [9.17, 15) is 5.11 Å². The molecule has 0 amide bonds. The van der Waals surface area contributed by atoms with Crippen molar-refractivity contribution >= 4 is 0 Å². The number of ether oxygens (including phenoxy) is 3. The number of methoxy groups -OCH3 is 2. The lowest BCUT2D eigenvalue weighted by molar-refractivity contribution is -0.106. The number of aryl methyl sites for hydroxylation is 1. The molecule has 1 aliphatic carbocycles. The predicted octanol–water partition coefficient (Wildman–Crippen LogP) is 5.07. The summed E-state index contributed by atoms with van der Waals surface area (Å²) in [6, 6.07) is 22.3. The highest BCUT2D eigenvalue weighted by Gasteiger charge is 2.69. The largest absolute Gasteiger partial charge is 0.496 e. The molecule has 4 heteroatoms. The molecule has 0 radical (unpaired) electrons. The van der Waals surface area contributed by atoms with Gasteiger partial charge in [0, 0.05) is 18.1 Å². The monoisotopic (exact) mass is 402 g/mol. The third-order valence-electron chi connectivity index (χ3n) is 6.76. The zero-order valence-electron chi connectivity index (χ0n) is 17.5. The third kappa shape index (κ3) is 2.43. The smallest absolute Gasteiger partial charge is 0.174 e. The first-order chi connectivity index (χ1) is 14.5. The van der Waals surface area contributed by atoms with Crippen LogP contribution < -0.4 is 14.2 Å². The van der Waals surface area contributed by atoms with E-state index in [1.165, 1.54) is 5.56 Å². The van der Waals surface area contributed by atoms with Gasteiger partial charge in [-0.15, -0.1) is 0 Å². The van der Waals surface area contributed by atoms with Gasteiger partial charge < -0.3 is 19.3 Å². The van der Waals surface area contributed by atoms with Crippen LogP contribution in [0.1, 0.15) is 41.0 Å². The minimum Gasteiger partial charge on any atom is -0.496 e. The Labute approximate surface area is 177 Å². The van der Waals surface area contributed by atoms with Crippen LogP contribution in [-0.2, 0) is 11.2 Å². The molecule has 2 aliphatic rings. The normalized spacial score (nSPS) is 26.6. The molecule has 5 rings (SSSR count). The molecule has 1 unspecified atom stereocenters. The van der Waals surface area contributed by atoms with Crippen LogP contribution in [0.2, 0.25) is 0 Å². The van der Waals surface area contributed by atoms with Crippen LogP contribution in [0, 0.1) is 6.92 Å². The van der Waals surface area contributed by atoms with E-state index >= 15 is 0 Å². The van der Waals surface area contributed by atoms with E-state index in [-0.39, 0.29) is 5.92 Å². The standard InChI is InChI=1S/C26H26O4/c1-17-9-11-19(12-10-17)26-21(18-7-5-4-6-8-18)13-14-25(26,27)24-22(29-3)15-20(28-2)16-23(24)30-26/h4-12,15-16,21,27H,13-14H2,1-3H3/t21-,25+,26?/m0/s1. The van der Waals surface area contributed by atoms with E-state index in [0.717, 1.165) is 17.5 Å². The summed E-state index contributed by atoms with van der Waals surface area (Å²) in [6.45, 7) is 2.06. The number of hydrogen-bond acceptors (Lipinski definition) is 4. The van der Waals surface area contributed by atoms with Crippen molar-refractivity contribution < 1.29 is 19.3 Å². The molecule has 0 spiro atoms. The van der Waals surface area contributed by atoms with Crippen LogP contribution in [0.4, 0.5) is 0 Å². The minimum absolute atomic E-state index is 0.00509. The van der Waals surface area contributed by atoms with Crippen LogP contribution >= 0.6 is 0 Å². The van der Waals surface area contributed by atoms with Crippen LogP contribution in [0.5, 0.6) is 17.2 Å². The Morgan fingerprint density at radius 1 is 0.967 bits per heavy atom. The van der Waals surface area contributed by atoms with Gasteiger partial charge in [0.1, 0.15) is 22.8 Å². The Morgan fingerprint density at radius 2 is 1.70 bits per heavy atom. The third-order valence-corrected chi connectivity index (χ3v) is 6.76. The first kappa shape index (κ1) is 19.0. The predicted molar refractivity (Wildman–Crippen MR) is 115 cm³/mol. The van der Waals surface area contributed by atoms with E-state index < -0.39 is 11.2 Å². The molecule has 0 saturated heterocycles. The summed E-state index contributed by atoms with van der Waals surface area (Å²) in [5, 5.41) is 12.3. The van der Waals surface area contributed by atoms with Crippen molar-refractivity contribution in [1.29, 1.82) is 0 Å². The van der Waals surface area contributed by atoms with E-state index in [1.807, 2.05) is 30.3 Å². The van der Waals surface area contributed by atoms with Crippen LogP contribution in [0.15, 0.2) is 66.7 Å². The van der Waals surface area contributed by atoms with Crippen LogP contribution in [0.3, 0.4) is 0 Å². The molecule has 3 atom stereocenters. The molecular formula is C26H26O4. The van der Waals surface area contributed by atoms with Crippen molar-refractivity contribution in [2.75, 3.05) is 14.2 Å². The summed E-state index contributed by atoms with van der Waals surface area (Å²) in [5.41, 5.74) is 1.86. The SMILES string of the molecule is COc1cc(OC)c2c(c1)OC1(c3ccc(C)cc3)[C@H](c3ccccc3)CC[C@@]21O. The van der Waals surface area contributed by atoms with Crippen molar-refractivity contribution in [3.05, 3.63) is 89.0 Å². The van der Waals surface area contributed by atoms with Gasteiger partial charge in [0.15, 0.2) is 5.60 Å². The number of fused-ring (bicyclic) bond motifs is 3. The van der Waals surface area contributed by atoms with Gasteiger partial charge in [0.2, 0.25) is 0 Å². The lowest BCUT2D eigenvalue weighted by Gasteiger charge is -2.40. The second-order valence-corrected chi connectivity index (χ2v) is 8.27. The Balaban J connectivity index is 1.78. The summed E-state index contributed by atoms with van der Waals surface area (Å²) >= 11 is 0. The van der Waals surface area contributed by atoms with Gasteiger partial charge in [-0.1, -0.05) is 60.2 Å². The van der Waals surface area contributed by atoms with Gasteiger partial charge in [0.05, 0.1) is 19.8 Å². The fraction of sp³-hybridized carbons (Fsp3) is 0.308. The second kappa shape index (κ2) is 6.78. The maximum Gasteiger partial charge on any atom is 0.174 e. The number of rotatable bonds is 4. The van der Waals surface area contributed by atoms with Gasteiger partial charge in [-0.3, -0.25) is 0 Å². The average molecular weight is 402 g/mol. The molecule has 30 heavy (non-hydrogen) atoms. The number of benzene rings is 3. The van der Waals surface area contributed by atoms with Crippen molar-refractivity contribution in [2.24, 2.45) is 0 Å². The highest BCUT2D eigenvalue weighted by molar-refractivity contribution is 5.61. The molecular weight excluding hydrogens is 376 g/mol. The zero-order chi connectivity index (χ0) is 20.9. The van der Waals surface area contributed by atoms with E-state index in [4.69, 9.17) is 14.2 Å². The van der Waals surface area contributed by atoms with Crippen molar-refractivity contribution in [3.63, 3.8) is 0 Å². The van der Waals surface area contributed by atoms with E-state index in [0.29, 0.717) is 29.2 Å². The quantitative estimate of drug-likeness (QED) is 0.662. The molecule has 154 valence electrons. The second-order valence-electron chi connectivity index (χ2n) is 8.27. The molecule has 1 saturated carbocycles. The molecule has 0 aromatic heterocycles. The van der Waals surface area contributed by atoms with Gasteiger partial charge >= 0.3 is 0 Å². The molecule has 1 fully saturated rings. The number of hydrogen-bond donors (Lipinski definition) is 1. The maximum atomic E-state index is 12.3. The van der Waals surface area contributed by atoms with Gasteiger partial charge in [0.25, 0.3) is 0 Å². The molecule has 1 heterocycles. The van der Waals surface area contributed by atoms with E-state index in [2.05, 4.69) is 43.3 Å². The van der Waals surface area contributed by atoms with Crippen molar-refractivity contribution in [3.8, 4) is 17.2 Å². The fourth-order valence-electron chi connectivity index (χ4n) is 5.39. The van der Waals surface area contributed by atoms with Crippen molar-refractivity contribution in [2.45, 2.75) is 36.9 Å². The van der Waals surface area contributed by atoms with E-state index in [1.54, 1.807) is 14.2 Å². The number of aliphatic hydroxyl groups is 1. The van der Waals surface area contributed by atoms with Crippen LogP contribution in [0.25, 0.3) is 0 Å². The molecule has 0 bridgehead atoms. The lowest BCUT2D eigenvalue weighted by atomic mass is 9.71. The Kier molecular flexibility index (Phi) is 4.30. The Hall–Kier alpha value is -2.98. The van der Waals surface area contributed by atoms with Gasteiger partial charge in [-0.05, 0) is 30.9 Å². The first-order valence-electron chi connectivity index (χ1n) is 10.3. The Bertz CT molecular complexity index is 1080. The minimum atomic E-state index is -1.21. The molecule has 3 aromatic rings. The maximum absolute atomic E-state index is 12.3. The van der Waals surface area contributed by atoms with Gasteiger partial charge in [-0.25, -0.2) is 0 Å². The highest BCUT2D eigenvalue weighted by Crippen LogP contribution is 2.68.